The second-order valence-electron chi connectivity index (χ2n) is 4.52. The highest BCUT2D eigenvalue weighted by molar-refractivity contribution is 7.91. The van der Waals surface area contributed by atoms with Gasteiger partial charge in [0.05, 0.1) is 17.1 Å². The third-order valence-corrected chi connectivity index (χ3v) is 4.73. The number of ether oxygens (including phenoxy) is 2. The molecule has 20 heavy (non-hydrogen) atoms. The van der Waals surface area contributed by atoms with Gasteiger partial charge >= 0.3 is 5.97 Å². The van der Waals surface area contributed by atoms with Gasteiger partial charge in [-0.25, -0.2) is 13.2 Å². The average molecular weight is 299 g/mol. The van der Waals surface area contributed by atoms with Gasteiger partial charge in [-0.3, -0.25) is 0 Å². The summed E-state index contributed by atoms with van der Waals surface area (Å²) >= 11 is 0. The molecule has 0 spiro atoms. The number of sulfone groups is 1. The molecule has 7 heteroatoms. The molecule has 110 valence electrons. The van der Waals surface area contributed by atoms with Crippen LogP contribution >= 0.6 is 0 Å². The van der Waals surface area contributed by atoms with Gasteiger partial charge < -0.3 is 14.4 Å². The van der Waals surface area contributed by atoms with E-state index in [0.29, 0.717) is 18.7 Å². The van der Waals surface area contributed by atoms with Crippen LogP contribution in [0.15, 0.2) is 24.3 Å². The number of nitrogens with zero attached hydrogens (tertiary/aromatic N) is 1. The molecule has 0 aromatic heterocycles. The Labute approximate surface area is 118 Å². The first-order chi connectivity index (χ1) is 9.52. The summed E-state index contributed by atoms with van der Waals surface area (Å²) in [6.45, 7) is 0.885. The van der Waals surface area contributed by atoms with Gasteiger partial charge in [-0.15, -0.1) is 0 Å². The Morgan fingerprint density at radius 1 is 1.20 bits per heavy atom. The third-order valence-electron chi connectivity index (χ3n) is 3.12. The first-order valence-electron chi connectivity index (χ1n) is 6.23. The van der Waals surface area contributed by atoms with Gasteiger partial charge in [0.25, 0.3) is 0 Å². The summed E-state index contributed by atoms with van der Waals surface area (Å²) in [4.78, 5) is 13.6. The van der Waals surface area contributed by atoms with E-state index < -0.39 is 15.8 Å². The SMILES string of the molecule is COCOC(=O)c1ccc(N2CCS(=O)(=O)CC2)cc1. The van der Waals surface area contributed by atoms with Crippen molar-refractivity contribution in [1.29, 1.82) is 0 Å². The fourth-order valence-electron chi connectivity index (χ4n) is 1.97. The lowest BCUT2D eigenvalue weighted by molar-refractivity contribution is -0.0125. The Balaban J connectivity index is 2.00. The molecule has 1 aromatic carbocycles. The monoisotopic (exact) mass is 299 g/mol. The predicted octanol–water partition coefficient (Wildman–Crippen LogP) is 0.682. The maximum absolute atomic E-state index is 11.6. The van der Waals surface area contributed by atoms with E-state index in [4.69, 9.17) is 4.74 Å². The first kappa shape index (κ1) is 14.8. The van der Waals surface area contributed by atoms with E-state index in [0.717, 1.165) is 5.69 Å². The maximum atomic E-state index is 11.6. The Morgan fingerprint density at radius 3 is 2.35 bits per heavy atom. The van der Waals surface area contributed by atoms with Gasteiger partial charge in [-0.1, -0.05) is 0 Å². The zero-order valence-corrected chi connectivity index (χ0v) is 12.1. The maximum Gasteiger partial charge on any atom is 0.340 e. The number of benzene rings is 1. The van der Waals surface area contributed by atoms with Crippen LogP contribution in [0.2, 0.25) is 0 Å². The van der Waals surface area contributed by atoms with Crippen molar-refractivity contribution in [3.05, 3.63) is 29.8 Å². The fourth-order valence-corrected chi connectivity index (χ4v) is 3.18. The van der Waals surface area contributed by atoms with Crippen LogP contribution < -0.4 is 4.90 Å². The standard InChI is InChI=1S/C13H17NO5S/c1-18-10-19-13(15)11-2-4-12(5-3-11)14-6-8-20(16,17)9-7-14/h2-5H,6-10H2,1H3. The molecular formula is C13H17NO5S. The molecule has 0 atom stereocenters. The zero-order valence-electron chi connectivity index (χ0n) is 11.2. The molecule has 0 aliphatic carbocycles. The molecule has 6 nitrogen and oxygen atoms in total. The second-order valence-corrected chi connectivity index (χ2v) is 6.83. The van der Waals surface area contributed by atoms with Crippen molar-refractivity contribution in [2.75, 3.05) is 43.4 Å². The van der Waals surface area contributed by atoms with Gasteiger partial charge in [0, 0.05) is 25.9 Å². The van der Waals surface area contributed by atoms with Crippen molar-refractivity contribution in [1.82, 2.24) is 0 Å². The second kappa shape index (κ2) is 6.23. The molecule has 0 saturated carbocycles. The van der Waals surface area contributed by atoms with Crippen molar-refractivity contribution in [2.24, 2.45) is 0 Å². The molecule has 0 unspecified atom stereocenters. The van der Waals surface area contributed by atoms with E-state index in [-0.39, 0.29) is 18.3 Å². The molecule has 1 aliphatic heterocycles. The highest BCUT2D eigenvalue weighted by atomic mass is 32.2. The number of carbonyl (C=O) groups excluding carboxylic acids is 1. The molecule has 1 fully saturated rings. The summed E-state index contributed by atoms with van der Waals surface area (Å²) in [6, 6.07) is 6.91. The lowest BCUT2D eigenvalue weighted by Gasteiger charge is -2.28. The van der Waals surface area contributed by atoms with Crippen molar-refractivity contribution in [3.8, 4) is 0 Å². The van der Waals surface area contributed by atoms with Crippen molar-refractivity contribution >= 4 is 21.5 Å². The fraction of sp³-hybridized carbons (Fsp3) is 0.462. The quantitative estimate of drug-likeness (QED) is 0.601. The summed E-state index contributed by atoms with van der Waals surface area (Å²) in [5.74, 6) is -0.102. The summed E-state index contributed by atoms with van der Waals surface area (Å²) in [5.41, 5.74) is 1.35. The Kier molecular flexibility index (Phi) is 4.61. The first-order valence-corrected chi connectivity index (χ1v) is 8.05. The van der Waals surface area contributed by atoms with E-state index in [9.17, 15) is 13.2 Å². The smallest absolute Gasteiger partial charge is 0.340 e. The molecule has 1 saturated heterocycles. The topological polar surface area (TPSA) is 72.9 Å². The molecule has 1 aliphatic rings. The Hall–Kier alpha value is -1.60. The van der Waals surface area contributed by atoms with Crippen LogP contribution in [0.25, 0.3) is 0 Å². The average Bonchev–Trinajstić information content (AvgIpc) is 2.45. The summed E-state index contributed by atoms with van der Waals surface area (Å²) in [7, 11) is -1.44. The minimum Gasteiger partial charge on any atom is -0.435 e. The lowest BCUT2D eigenvalue weighted by atomic mass is 10.2. The minimum absolute atomic E-state index is 0.0788. The highest BCUT2D eigenvalue weighted by Crippen LogP contribution is 2.18. The van der Waals surface area contributed by atoms with E-state index in [1.807, 2.05) is 4.90 Å². The van der Waals surface area contributed by atoms with Crippen LogP contribution in [0.4, 0.5) is 5.69 Å². The van der Waals surface area contributed by atoms with E-state index in [1.165, 1.54) is 7.11 Å². The number of methoxy groups -OCH3 is 1. The molecular weight excluding hydrogens is 282 g/mol. The number of esters is 1. The van der Waals surface area contributed by atoms with Crippen LogP contribution in [0, 0.1) is 0 Å². The van der Waals surface area contributed by atoms with E-state index in [1.54, 1.807) is 24.3 Å². The molecule has 0 bridgehead atoms. The minimum atomic E-state index is -2.89. The lowest BCUT2D eigenvalue weighted by Crippen LogP contribution is -2.40. The van der Waals surface area contributed by atoms with Crippen molar-refractivity contribution in [2.45, 2.75) is 0 Å². The Bertz CT molecular complexity index is 553. The largest absolute Gasteiger partial charge is 0.435 e. The van der Waals surface area contributed by atoms with Gasteiger partial charge in [0.2, 0.25) is 0 Å². The van der Waals surface area contributed by atoms with Crippen LogP contribution in [0.3, 0.4) is 0 Å². The van der Waals surface area contributed by atoms with Crippen molar-refractivity contribution < 1.29 is 22.7 Å². The van der Waals surface area contributed by atoms with Crippen molar-refractivity contribution in [3.63, 3.8) is 0 Å². The summed E-state index contributed by atoms with van der Waals surface area (Å²) < 4.78 is 32.2. The molecule has 1 aromatic rings. The number of hydrogen-bond acceptors (Lipinski definition) is 6. The third kappa shape index (κ3) is 3.71. The van der Waals surface area contributed by atoms with Crippen LogP contribution in [-0.4, -0.2) is 52.9 Å². The van der Waals surface area contributed by atoms with Gasteiger partial charge in [0.1, 0.15) is 0 Å². The normalized spacial score (nSPS) is 17.8. The molecule has 0 amide bonds. The number of carbonyl (C=O) groups is 1. The predicted molar refractivity (Wildman–Crippen MR) is 74.6 cm³/mol. The van der Waals surface area contributed by atoms with Gasteiger partial charge in [0.15, 0.2) is 16.6 Å². The summed E-state index contributed by atoms with van der Waals surface area (Å²) in [5, 5.41) is 0. The van der Waals surface area contributed by atoms with Crippen LogP contribution in [-0.2, 0) is 19.3 Å². The van der Waals surface area contributed by atoms with E-state index in [2.05, 4.69) is 4.74 Å². The number of rotatable bonds is 4. The zero-order chi connectivity index (χ0) is 14.6. The molecule has 1 heterocycles. The molecule has 0 N–H and O–H groups in total. The van der Waals surface area contributed by atoms with Crippen LogP contribution in [0.1, 0.15) is 10.4 Å². The Morgan fingerprint density at radius 2 is 1.80 bits per heavy atom. The van der Waals surface area contributed by atoms with Gasteiger partial charge in [-0.2, -0.15) is 0 Å². The molecule has 2 rings (SSSR count). The highest BCUT2D eigenvalue weighted by Gasteiger charge is 2.21. The molecule has 0 radical (unpaired) electrons. The van der Waals surface area contributed by atoms with Gasteiger partial charge in [-0.05, 0) is 24.3 Å². The number of anilines is 1. The van der Waals surface area contributed by atoms with Crippen LogP contribution in [0.5, 0.6) is 0 Å². The number of hydrogen-bond donors (Lipinski definition) is 0. The van der Waals surface area contributed by atoms with E-state index >= 15 is 0 Å². The summed E-state index contributed by atoms with van der Waals surface area (Å²) in [6.07, 6.45) is 0.